The number of hydrogen-bond acceptors (Lipinski definition) is 6. The van der Waals surface area contributed by atoms with Gasteiger partial charge in [0.25, 0.3) is 5.91 Å². The quantitative estimate of drug-likeness (QED) is 0.720. The maximum absolute atomic E-state index is 12.5. The second-order valence-corrected chi connectivity index (χ2v) is 7.98. The summed E-state index contributed by atoms with van der Waals surface area (Å²) < 4.78 is 0. The molecule has 2 aromatic heterocycles. The van der Waals surface area contributed by atoms with E-state index in [0.717, 1.165) is 32.5 Å². The van der Waals surface area contributed by atoms with Gasteiger partial charge in [-0.2, -0.15) is 0 Å². The van der Waals surface area contributed by atoms with Crippen molar-refractivity contribution < 1.29 is 4.79 Å². The second kappa shape index (κ2) is 8.58. The average Bonchev–Trinajstić information content (AvgIpc) is 3.21. The third-order valence-electron chi connectivity index (χ3n) is 4.91. The molecule has 1 fully saturated rings. The Balaban J connectivity index is 1.29. The van der Waals surface area contributed by atoms with E-state index in [1.165, 1.54) is 22.5 Å². The highest BCUT2D eigenvalue weighted by molar-refractivity contribution is 7.13. The first kappa shape index (κ1) is 18.7. The van der Waals surface area contributed by atoms with Crippen LogP contribution >= 0.6 is 11.3 Å². The highest BCUT2D eigenvalue weighted by Crippen LogP contribution is 2.20. The number of hydrogen-bond donors (Lipinski definition) is 1. The molecule has 0 aliphatic carbocycles. The number of rotatable bonds is 5. The summed E-state index contributed by atoms with van der Waals surface area (Å²) in [6.45, 7) is 5.06. The molecular weight excluding hydrogens is 370 g/mol. The normalized spacial score (nSPS) is 15.5. The van der Waals surface area contributed by atoms with E-state index in [1.807, 2.05) is 0 Å². The summed E-state index contributed by atoms with van der Waals surface area (Å²) in [6, 6.07) is 10.6. The zero-order valence-corrected chi connectivity index (χ0v) is 16.7. The lowest BCUT2D eigenvalue weighted by atomic mass is 10.0. The number of amides is 1. The summed E-state index contributed by atoms with van der Waals surface area (Å²) in [6.07, 6.45) is 5.26. The van der Waals surface area contributed by atoms with Crippen molar-refractivity contribution >= 4 is 17.2 Å². The summed E-state index contributed by atoms with van der Waals surface area (Å²) >= 11 is 1.39. The van der Waals surface area contributed by atoms with Crippen LogP contribution in [0.1, 0.15) is 34.5 Å². The largest absolute Gasteiger partial charge is 0.348 e. The molecule has 1 amide bonds. The lowest BCUT2D eigenvalue weighted by Gasteiger charge is -2.32. The molecule has 0 radical (unpaired) electrons. The molecule has 1 saturated heterocycles. The van der Waals surface area contributed by atoms with E-state index < -0.39 is 0 Å². The van der Waals surface area contributed by atoms with Crippen LogP contribution in [0, 0.1) is 6.92 Å². The predicted molar refractivity (Wildman–Crippen MR) is 110 cm³/mol. The number of carbonyl (C=O) groups excluding carboxylic acids is 1. The number of carbonyl (C=O) groups is 1. The molecule has 0 spiro atoms. The van der Waals surface area contributed by atoms with E-state index >= 15 is 0 Å². The maximum Gasteiger partial charge on any atom is 0.270 e. The molecule has 1 aliphatic rings. The van der Waals surface area contributed by atoms with Crippen LogP contribution in [0.5, 0.6) is 0 Å². The van der Waals surface area contributed by atoms with E-state index in [1.54, 1.807) is 23.8 Å². The number of nitrogens with zero attached hydrogens (tertiary/aromatic N) is 4. The van der Waals surface area contributed by atoms with Crippen molar-refractivity contribution in [2.75, 3.05) is 13.1 Å². The first-order valence-electron chi connectivity index (χ1n) is 9.49. The monoisotopic (exact) mass is 393 g/mol. The molecule has 28 heavy (non-hydrogen) atoms. The molecule has 1 N–H and O–H groups in total. The zero-order chi connectivity index (χ0) is 19.3. The maximum atomic E-state index is 12.5. The molecule has 4 rings (SSSR count). The summed E-state index contributed by atoms with van der Waals surface area (Å²) in [5, 5.41) is 5.57. The lowest BCUT2D eigenvalue weighted by Crippen LogP contribution is -2.44. The minimum Gasteiger partial charge on any atom is -0.348 e. The summed E-state index contributed by atoms with van der Waals surface area (Å²) in [4.78, 5) is 27.8. The van der Waals surface area contributed by atoms with Crippen molar-refractivity contribution in [3.8, 4) is 10.8 Å². The summed E-state index contributed by atoms with van der Waals surface area (Å²) in [5.41, 5.74) is 3.08. The first-order chi connectivity index (χ1) is 13.7. The van der Waals surface area contributed by atoms with Gasteiger partial charge in [0.1, 0.15) is 5.69 Å². The molecule has 1 aromatic carbocycles. The fraction of sp³-hybridized carbons (Fsp3) is 0.333. The Morgan fingerprint density at radius 2 is 2.00 bits per heavy atom. The highest BCUT2D eigenvalue weighted by atomic mass is 32.1. The molecule has 0 unspecified atom stereocenters. The Morgan fingerprint density at radius 1 is 1.21 bits per heavy atom. The summed E-state index contributed by atoms with van der Waals surface area (Å²) in [7, 11) is 0. The minimum atomic E-state index is -0.115. The Hall–Kier alpha value is -2.64. The SMILES string of the molecule is Cc1cccc(CN2CCC(NC(=O)c3csc(-c4ncccn4)n3)CC2)c1. The molecule has 1 aliphatic heterocycles. The molecule has 0 bridgehead atoms. The van der Waals surface area contributed by atoms with Gasteiger partial charge in [0, 0.05) is 43.4 Å². The number of likely N-dealkylation sites (tertiary alicyclic amines) is 1. The Morgan fingerprint density at radius 3 is 2.75 bits per heavy atom. The molecule has 3 aromatic rings. The van der Waals surface area contributed by atoms with Crippen molar-refractivity contribution in [3.63, 3.8) is 0 Å². The van der Waals surface area contributed by atoms with Crippen molar-refractivity contribution in [2.45, 2.75) is 32.4 Å². The van der Waals surface area contributed by atoms with Gasteiger partial charge in [0.05, 0.1) is 0 Å². The molecular formula is C21H23N5OS. The van der Waals surface area contributed by atoms with E-state index in [4.69, 9.17) is 0 Å². The van der Waals surface area contributed by atoms with Gasteiger partial charge in [-0.1, -0.05) is 29.8 Å². The van der Waals surface area contributed by atoms with Crippen LogP contribution in [0.25, 0.3) is 10.8 Å². The van der Waals surface area contributed by atoms with E-state index in [-0.39, 0.29) is 11.9 Å². The average molecular weight is 394 g/mol. The summed E-state index contributed by atoms with van der Waals surface area (Å²) in [5.74, 6) is 0.437. The van der Waals surface area contributed by atoms with E-state index in [2.05, 4.69) is 56.4 Å². The van der Waals surface area contributed by atoms with Gasteiger partial charge in [-0.15, -0.1) is 11.3 Å². The molecule has 7 heteroatoms. The van der Waals surface area contributed by atoms with Crippen LogP contribution < -0.4 is 5.32 Å². The van der Waals surface area contributed by atoms with Gasteiger partial charge >= 0.3 is 0 Å². The topological polar surface area (TPSA) is 71.0 Å². The van der Waals surface area contributed by atoms with E-state index in [9.17, 15) is 4.79 Å². The number of thiazole rings is 1. The number of benzene rings is 1. The Bertz CT molecular complexity index is 935. The van der Waals surface area contributed by atoms with Crippen molar-refractivity contribution in [3.05, 3.63) is 64.9 Å². The van der Waals surface area contributed by atoms with Crippen LogP contribution in [0.4, 0.5) is 0 Å². The van der Waals surface area contributed by atoms with Crippen molar-refractivity contribution in [1.29, 1.82) is 0 Å². The zero-order valence-electron chi connectivity index (χ0n) is 15.8. The van der Waals surface area contributed by atoms with Gasteiger partial charge in [0.2, 0.25) is 0 Å². The molecule has 0 saturated carbocycles. The van der Waals surface area contributed by atoms with Gasteiger partial charge in [-0.25, -0.2) is 15.0 Å². The number of aromatic nitrogens is 3. The third kappa shape index (κ3) is 4.61. The molecule has 3 heterocycles. The first-order valence-corrected chi connectivity index (χ1v) is 10.4. The van der Waals surface area contributed by atoms with Crippen LogP contribution in [-0.4, -0.2) is 44.9 Å². The highest BCUT2D eigenvalue weighted by Gasteiger charge is 2.22. The van der Waals surface area contributed by atoms with Crippen LogP contribution in [0.2, 0.25) is 0 Å². The third-order valence-corrected chi connectivity index (χ3v) is 5.74. The molecule has 144 valence electrons. The van der Waals surface area contributed by atoms with Gasteiger partial charge in [-0.3, -0.25) is 9.69 Å². The van der Waals surface area contributed by atoms with E-state index in [0.29, 0.717) is 16.5 Å². The fourth-order valence-corrected chi connectivity index (χ4v) is 4.20. The van der Waals surface area contributed by atoms with Crippen LogP contribution in [0.15, 0.2) is 48.1 Å². The van der Waals surface area contributed by atoms with Gasteiger partial charge in [-0.05, 0) is 31.4 Å². The number of nitrogens with one attached hydrogen (secondary N) is 1. The van der Waals surface area contributed by atoms with Crippen LogP contribution in [0.3, 0.4) is 0 Å². The Labute approximate surface area is 168 Å². The van der Waals surface area contributed by atoms with Crippen molar-refractivity contribution in [1.82, 2.24) is 25.2 Å². The molecule has 0 atom stereocenters. The number of aryl methyl sites for hydroxylation is 1. The van der Waals surface area contributed by atoms with Crippen molar-refractivity contribution in [2.24, 2.45) is 0 Å². The fourth-order valence-electron chi connectivity index (χ4n) is 3.45. The standard InChI is InChI=1S/C21H23N5OS/c1-15-4-2-5-16(12-15)13-26-10-6-17(7-11-26)24-20(27)18-14-28-21(25-18)19-22-8-3-9-23-19/h2-5,8-9,12,14,17H,6-7,10-11,13H2,1H3,(H,24,27). The minimum absolute atomic E-state index is 0.115. The molecule has 6 nitrogen and oxygen atoms in total. The second-order valence-electron chi connectivity index (χ2n) is 7.12. The number of piperidine rings is 1. The Kier molecular flexibility index (Phi) is 5.73. The smallest absolute Gasteiger partial charge is 0.270 e. The lowest BCUT2D eigenvalue weighted by molar-refractivity contribution is 0.0904. The van der Waals surface area contributed by atoms with Gasteiger partial charge in [0.15, 0.2) is 10.8 Å². The predicted octanol–water partition coefficient (Wildman–Crippen LogP) is 3.30. The van der Waals surface area contributed by atoms with Crippen LogP contribution in [-0.2, 0) is 6.54 Å². The van der Waals surface area contributed by atoms with Gasteiger partial charge < -0.3 is 5.32 Å².